The zero-order valence-corrected chi connectivity index (χ0v) is 19.3. The third-order valence-electron chi connectivity index (χ3n) is 5.34. The van der Waals surface area contributed by atoms with Crippen molar-refractivity contribution in [3.8, 4) is 0 Å². The Hall–Kier alpha value is -2.42. The lowest BCUT2D eigenvalue weighted by atomic mass is 10.00. The summed E-state index contributed by atoms with van der Waals surface area (Å²) in [4.78, 5) is 6.47. The van der Waals surface area contributed by atoms with E-state index in [2.05, 4.69) is 52.0 Å². The van der Waals surface area contributed by atoms with Crippen LogP contribution in [0.3, 0.4) is 0 Å². The van der Waals surface area contributed by atoms with E-state index in [0.29, 0.717) is 32.2 Å². The number of guanidine groups is 1. The molecule has 8 heteroatoms. The highest BCUT2D eigenvalue weighted by molar-refractivity contribution is 7.89. The fourth-order valence-corrected chi connectivity index (χ4v) is 4.61. The van der Waals surface area contributed by atoms with Gasteiger partial charge in [-0.25, -0.2) is 13.1 Å². The lowest BCUT2D eigenvalue weighted by molar-refractivity contribution is -0.00828. The molecule has 0 amide bonds. The number of rotatable bonds is 7. The lowest BCUT2D eigenvalue weighted by Crippen LogP contribution is -2.49. The summed E-state index contributed by atoms with van der Waals surface area (Å²) in [7, 11) is -1.67. The molecule has 1 aliphatic heterocycles. The highest BCUT2D eigenvalue weighted by Crippen LogP contribution is 2.25. The standard InChI is InChI=1S/C23H32N4O3S/c1-18-9-10-21(19(2)15-18)22-17-27(12-13-30-22)23(24-3)25-11-14-31(28,29)26-16-20-7-5-4-6-8-20/h4-10,15,22,26H,11-14,16-17H2,1-3H3,(H,24,25). The zero-order chi connectivity index (χ0) is 22.3. The van der Waals surface area contributed by atoms with Crippen LogP contribution in [-0.4, -0.2) is 58.3 Å². The van der Waals surface area contributed by atoms with E-state index in [1.165, 1.54) is 16.7 Å². The number of hydrogen-bond donors (Lipinski definition) is 2. The minimum Gasteiger partial charge on any atom is -0.370 e. The molecule has 2 aromatic rings. The van der Waals surface area contributed by atoms with Gasteiger partial charge in [-0.3, -0.25) is 4.99 Å². The van der Waals surface area contributed by atoms with E-state index >= 15 is 0 Å². The van der Waals surface area contributed by atoms with Gasteiger partial charge >= 0.3 is 0 Å². The van der Waals surface area contributed by atoms with Crippen LogP contribution < -0.4 is 10.0 Å². The second-order valence-corrected chi connectivity index (χ2v) is 9.69. The van der Waals surface area contributed by atoms with E-state index in [4.69, 9.17) is 4.74 Å². The molecule has 1 aliphatic rings. The zero-order valence-electron chi connectivity index (χ0n) is 18.5. The maximum Gasteiger partial charge on any atom is 0.213 e. The summed E-state index contributed by atoms with van der Waals surface area (Å²) >= 11 is 0. The smallest absolute Gasteiger partial charge is 0.213 e. The lowest BCUT2D eigenvalue weighted by Gasteiger charge is -2.35. The Balaban J connectivity index is 1.52. The number of sulfonamides is 1. The summed E-state index contributed by atoms with van der Waals surface area (Å²) in [6.45, 7) is 6.73. The average molecular weight is 445 g/mol. The first-order chi connectivity index (χ1) is 14.9. The Bertz CT molecular complexity index is 993. The molecule has 0 bridgehead atoms. The number of nitrogens with one attached hydrogen (secondary N) is 2. The summed E-state index contributed by atoms with van der Waals surface area (Å²) < 4.78 is 33.3. The molecule has 0 aromatic heterocycles. The van der Waals surface area contributed by atoms with Gasteiger partial charge in [-0.05, 0) is 30.5 Å². The van der Waals surface area contributed by atoms with Crippen LogP contribution >= 0.6 is 0 Å². The molecule has 1 heterocycles. The molecule has 2 N–H and O–H groups in total. The molecule has 1 fully saturated rings. The van der Waals surface area contributed by atoms with Crippen molar-refractivity contribution in [2.45, 2.75) is 26.5 Å². The number of hydrogen-bond acceptors (Lipinski definition) is 4. The van der Waals surface area contributed by atoms with Crippen LogP contribution in [0.1, 0.15) is 28.4 Å². The summed E-state index contributed by atoms with van der Waals surface area (Å²) in [6.07, 6.45) is -0.0378. The van der Waals surface area contributed by atoms with Crippen molar-refractivity contribution in [3.63, 3.8) is 0 Å². The third kappa shape index (κ3) is 6.78. The van der Waals surface area contributed by atoms with Gasteiger partial charge in [0.05, 0.1) is 18.9 Å². The molecule has 0 aliphatic carbocycles. The van der Waals surface area contributed by atoms with Gasteiger partial charge in [0.15, 0.2) is 5.96 Å². The molecule has 0 spiro atoms. The molecule has 1 unspecified atom stereocenters. The quantitative estimate of drug-likeness (QED) is 0.506. The van der Waals surface area contributed by atoms with Crippen molar-refractivity contribution in [1.29, 1.82) is 0 Å². The molecule has 0 radical (unpaired) electrons. The fraction of sp³-hybridized carbons (Fsp3) is 0.435. The van der Waals surface area contributed by atoms with Gasteiger partial charge in [0.2, 0.25) is 10.0 Å². The molecule has 168 valence electrons. The molecule has 2 aromatic carbocycles. The minimum absolute atomic E-state index is 0.0241. The average Bonchev–Trinajstić information content (AvgIpc) is 2.76. The molecule has 1 saturated heterocycles. The van der Waals surface area contributed by atoms with Gasteiger partial charge in [-0.2, -0.15) is 0 Å². The second kappa shape index (κ2) is 10.7. The molecular weight excluding hydrogens is 412 g/mol. The van der Waals surface area contributed by atoms with Gasteiger partial charge in [-0.15, -0.1) is 0 Å². The van der Waals surface area contributed by atoms with Crippen LogP contribution in [0.15, 0.2) is 53.5 Å². The topological polar surface area (TPSA) is 83.0 Å². The van der Waals surface area contributed by atoms with Gasteiger partial charge < -0.3 is 15.0 Å². The summed E-state index contributed by atoms with van der Waals surface area (Å²) in [5.41, 5.74) is 4.55. The molecule has 3 rings (SSSR count). The van der Waals surface area contributed by atoms with Crippen LogP contribution in [-0.2, 0) is 21.3 Å². The van der Waals surface area contributed by atoms with Gasteiger partial charge in [0.1, 0.15) is 6.10 Å². The third-order valence-corrected chi connectivity index (χ3v) is 6.67. The van der Waals surface area contributed by atoms with E-state index in [9.17, 15) is 8.42 Å². The highest BCUT2D eigenvalue weighted by atomic mass is 32.2. The number of aryl methyl sites for hydroxylation is 2. The van der Waals surface area contributed by atoms with Crippen LogP contribution in [0.2, 0.25) is 0 Å². The van der Waals surface area contributed by atoms with E-state index in [1.807, 2.05) is 30.3 Å². The second-order valence-electron chi connectivity index (χ2n) is 7.77. The molecule has 0 saturated carbocycles. The Kier molecular flexibility index (Phi) is 8.06. The Morgan fingerprint density at radius 3 is 2.68 bits per heavy atom. The number of aliphatic imine (C=N–C) groups is 1. The SMILES string of the molecule is CN=C(NCCS(=O)(=O)NCc1ccccc1)N1CCOC(c2ccc(C)cc2C)C1. The maximum absolute atomic E-state index is 12.3. The van der Waals surface area contributed by atoms with Crippen molar-refractivity contribution >= 4 is 16.0 Å². The van der Waals surface area contributed by atoms with Crippen LogP contribution in [0.4, 0.5) is 0 Å². The predicted molar refractivity (Wildman–Crippen MR) is 125 cm³/mol. The molecule has 7 nitrogen and oxygen atoms in total. The van der Waals surface area contributed by atoms with Crippen LogP contribution in [0.5, 0.6) is 0 Å². The number of morpholine rings is 1. The van der Waals surface area contributed by atoms with Crippen molar-refractivity contribution in [2.75, 3.05) is 39.0 Å². The number of nitrogens with zero attached hydrogens (tertiary/aromatic N) is 2. The van der Waals surface area contributed by atoms with Gasteiger partial charge in [0, 0.05) is 26.7 Å². The summed E-state index contributed by atoms with van der Waals surface area (Å²) in [6, 6.07) is 15.9. The fourth-order valence-electron chi connectivity index (χ4n) is 3.71. The minimum atomic E-state index is -3.39. The normalized spacial score (nSPS) is 17.6. The van der Waals surface area contributed by atoms with Crippen LogP contribution in [0, 0.1) is 13.8 Å². The molecule has 1 atom stereocenters. The Labute approximate surface area is 185 Å². The predicted octanol–water partition coefficient (Wildman–Crippen LogP) is 2.37. The van der Waals surface area contributed by atoms with Crippen molar-refractivity contribution < 1.29 is 13.2 Å². The number of benzene rings is 2. The summed E-state index contributed by atoms with van der Waals surface area (Å²) in [5.74, 6) is 0.667. The summed E-state index contributed by atoms with van der Waals surface area (Å²) in [5, 5.41) is 3.19. The highest BCUT2D eigenvalue weighted by Gasteiger charge is 2.25. The van der Waals surface area contributed by atoms with E-state index in [0.717, 1.165) is 5.56 Å². The van der Waals surface area contributed by atoms with Gasteiger partial charge in [0.25, 0.3) is 0 Å². The number of ether oxygens (including phenoxy) is 1. The van der Waals surface area contributed by atoms with E-state index in [-0.39, 0.29) is 18.4 Å². The maximum atomic E-state index is 12.3. The van der Waals surface area contributed by atoms with E-state index < -0.39 is 10.0 Å². The first kappa shape index (κ1) is 23.2. The Morgan fingerprint density at radius 1 is 1.19 bits per heavy atom. The van der Waals surface area contributed by atoms with E-state index in [1.54, 1.807) is 7.05 Å². The van der Waals surface area contributed by atoms with Crippen molar-refractivity contribution in [3.05, 3.63) is 70.8 Å². The van der Waals surface area contributed by atoms with Crippen molar-refractivity contribution in [2.24, 2.45) is 4.99 Å². The van der Waals surface area contributed by atoms with Crippen molar-refractivity contribution in [1.82, 2.24) is 14.9 Å². The molecular formula is C23H32N4O3S. The first-order valence-corrected chi connectivity index (χ1v) is 12.2. The largest absolute Gasteiger partial charge is 0.370 e. The molecule has 31 heavy (non-hydrogen) atoms. The van der Waals surface area contributed by atoms with Gasteiger partial charge in [-0.1, -0.05) is 54.1 Å². The van der Waals surface area contributed by atoms with Crippen LogP contribution in [0.25, 0.3) is 0 Å². The monoisotopic (exact) mass is 444 g/mol. The first-order valence-electron chi connectivity index (χ1n) is 10.5. The Morgan fingerprint density at radius 2 is 1.97 bits per heavy atom.